The van der Waals surface area contributed by atoms with Gasteiger partial charge in [-0.25, -0.2) is 0 Å². The van der Waals surface area contributed by atoms with Crippen molar-refractivity contribution in [2.24, 2.45) is 4.99 Å². The lowest BCUT2D eigenvalue weighted by Crippen LogP contribution is -2.06. The first-order chi connectivity index (χ1) is 9.25. The van der Waals surface area contributed by atoms with Gasteiger partial charge in [-0.3, -0.25) is 4.99 Å². The Hall–Kier alpha value is -1.38. The van der Waals surface area contributed by atoms with Crippen molar-refractivity contribution in [3.05, 3.63) is 82.5 Å². The molecule has 1 aliphatic heterocycles. The first-order valence-corrected chi connectivity index (χ1v) is 7.29. The maximum atomic E-state index is 6.14. The van der Waals surface area contributed by atoms with Crippen molar-refractivity contribution in [1.82, 2.24) is 0 Å². The Balaban J connectivity index is 2.22. The summed E-state index contributed by atoms with van der Waals surface area (Å²) in [7, 11) is 0. The zero-order valence-electron chi connectivity index (χ0n) is 10.1. The summed E-state index contributed by atoms with van der Waals surface area (Å²) in [4.78, 5) is 4.73. The SMILES string of the molecule is Clc1ccc2c(c1)C(c1ccccc1)=NC=CC2Br. The smallest absolute Gasteiger partial charge is 0.0777 e. The van der Waals surface area contributed by atoms with Crippen LogP contribution in [0.25, 0.3) is 0 Å². The number of rotatable bonds is 1. The average molecular weight is 333 g/mol. The van der Waals surface area contributed by atoms with Crippen LogP contribution in [0.4, 0.5) is 0 Å². The van der Waals surface area contributed by atoms with Crippen LogP contribution < -0.4 is 0 Å². The lowest BCUT2D eigenvalue weighted by atomic mass is 9.96. The quantitative estimate of drug-likeness (QED) is 0.641. The van der Waals surface area contributed by atoms with Crippen molar-refractivity contribution in [2.75, 3.05) is 0 Å². The van der Waals surface area contributed by atoms with E-state index in [1.807, 2.05) is 48.7 Å². The summed E-state index contributed by atoms with van der Waals surface area (Å²) in [5.74, 6) is 0. The Morgan fingerprint density at radius 3 is 2.63 bits per heavy atom. The molecule has 19 heavy (non-hydrogen) atoms. The van der Waals surface area contributed by atoms with E-state index in [4.69, 9.17) is 11.6 Å². The van der Waals surface area contributed by atoms with E-state index in [9.17, 15) is 0 Å². The third kappa shape index (κ3) is 2.51. The van der Waals surface area contributed by atoms with Crippen molar-refractivity contribution >= 4 is 33.2 Å². The van der Waals surface area contributed by atoms with Gasteiger partial charge in [0.05, 0.1) is 10.5 Å². The molecule has 0 bridgehead atoms. The summed E-state index contributed by atoms with van der Waals surface area (Å²) in [6.45, 7) is 0. The predicted molar refractivity (Wildman–Crippen MR) is 84.3 cm³/mol. The number of aliphatic imine (C=N–C) groups is 1. The second-order valence-electron chi connectivity index (χ2n) is 4.32. The molecular formula is C16H11BrClN. The number of hydrogen-bond acceptors (Lipinski definition) is 1. The minimum absolute atomic E-state index is 0.157. The molecule has 0 radical (unpaired) electrons. The van der Waals surface area contributed by atoms with Crippen LogP contribution in [0.3, 0.4) is 0 Å². The second kappa shape index (κ2) is 5.32. The standard InChI is InChI=1S/C16H11BrClN/c17-15-8-9-19-16(11-4-2-1-3-5-11)14-10-12(18)6-7-13(14)15/h1-10,15H. The Morgan fingerprint density at radius 1 is 1.05 bits per heavy atom. The van der Waals surface area contributed by atoms with Gasteiger partial charge in [-0.2, -0.15) is 0 Å². The van der Waals surface area contributed by atoms with E-state index < -0.39 is 0 Å². The second-order valence-corrected chi connectivity index (χ2v) is 5.74. The molecule has 0 amide bonds. The zero-order chi connectivity index (χ0) is 13.2. The van der Waals surface area contributed by atoms with Crippen molar-refractivity contribution in [1.29, 1.82) is 0 Å². The van der Waals surface area contributed by atoms with Crippen molar-refractivity contribution in [2.45, 2.75) is 4.83 Å². The van der Waals surface area contributed by atoms with Gasteiger partial charge in [0.1, 0.15) is 0 Å². The highest BCUT2D eigenvalue weighted by molar-refractivity contribution is 9.09. The van der Waals surface area contributed by atoms with Crippen LogP contribution in [0.2, 0.25) is 5.02 Å². The third-order valence-corrected chi connectivity index (χ3v) is 4.11. The number of hydrogen-bond donors (Lipinski definition) is 0. The Morgan fingerprint density at radius 2 is 1.84 bits per heavy atom. The molecule has 1 heterocycles. The van der Waals surface area contributed by atoms with Gasteiger partial charge in [-0.15, -0.1) is 0 Å². The molecule has 1 aliphatic rings. The minimum Gasteiger partial charge on any atom is -0.256 e. The molecule has 0 N–H and O–H groups in total. The van der Waals surface area contributed by atoms with Gasteiger partial charge in [0.2, 0.25) is 0 Å². The van der Waals surface area contributed by atoms with E-state index >= 15 is 0 Å². The summed E-state index contributed by atoms with van der Waals surface area (Å²) in [6, 6.07) is 16.1. The van der Waals surface area contributed by atoms with Crippen molar-refractivity contribution in [3.8, 4) is 0 Å². The molecule has 1 atom stereocenters. The number of allylic oxidation sites excluding steroid dienone is 1. The van der Waals surface area contributed by atoms with Crippen LogP contribution in [0.5, 0.6) is 0 Å². The fourth-order valence-corrected chi connectivity index (χ4v) is 2.87. The van der Waals surface area contributed by atoms with E-state index in [0.29, 0.717) is 0 Å². The highest BCUT2D eigenvalue weighted by Crippen LogP contribution is 2.32. The fraction of sp³-hybridized carbons (Fsp3) is 0.0625. The van der Waals surface area contributed by atoms with Crippen molar-refractivity contribution < 1.29 is 0 Å². The number of alkyl halides is 1. The number of halogens is 2. The zero-order valence-corrected chi connectivity index (χ0v) is 12.4. The van der Waals surface area contributed by atoms with Crippen LogP contribution >= 0.6 is 27.5 Å². The topological polar surface area (TPSA) is 12.4 Å². The van der Waals surface area contributed by atoms with Gasteiger partial charge in [0, 0.05) is 22.3 Å². The van der Waals surface area contributed by atoms with E-state index in [2.05, 4.69) is 33.1 Å². The average Bonchev–Trinajstić information content (AvgIpc) is 2.59. The van der Waals surface area contributed by atoms with Crippen LogP contribution in [-0.4, -0.2) is 5.71 Å². The van der Waals surface area contributed by atoms with E-state index in [1.54, 1.807) is 0 Å². The lowest BCUT2D eigenvalue weighted by molar-refractivity contribution is 1.25. The van der Waals surface area contributed by atoms with Gasteiger partial charge in [-0.1, -0.05) is 63.9 Å². The summed E-state index contributed by atoms with van der Waals surface area (Å²) < 4.78 is 0. The highest BCUT2D eigenvalue weighted by Gasteiger charge is 2.17. The Kier molecular flexibility index (Phi) is 3.54. The molecule has 0 saturated carbocycles. The molecule has 3 rings (SSSR count). The molecule has 0 aromatic heterocycles. The molecule has 94 valence electrons. The van der Waals surface area contributed by atoms with Gasteiger partial charge < -0.3 is 0 Å². The van der Waals surface area contributed by atoms with E-state index in [-0.39, 0.29) is 4.83 Å². The first-order valence-electron chi connectivity index (χ1n) is 5.99. The van der Waals surface area contributed by atoms with Gasteiger partial charge in [-0.05, 0) is 23.8 Å². The largest absolute Gasteiger partial charge is 0.256 e. The van der Waals surface area contributed by atoms with Crippen LogP contribution in [0.15, 0.2) is 65.8 Å². The van der Waals surface area contributed by atoms with Crippen LogP contribution in [0.1, 0.15) is 21.5 Å². The monoisotopic (exact) mass is 331 g/mol. The first kappa shape index (κ1) is 12.6. The molecule has 1 unspecified atom stereocenters. The summed E-state index contributed by atoms with van der Waals surface area (Å²) in [5.41, 5.74) is 4.31. The molecule has 0 fully saturated rings. The molecule has 0 spiro atoms. The Labute approximate surface area is 125 Å². The van der Waals surface area contributed by atoms with Crippen LogP contribution in [0, 0.1) is 0 Å². The molecule has 2 aromatic rings. The minimum atomic E-state index is 0.157. The van der Waals surface area contributed by atoms with E-state index in [0.717, 1.165) is 21.9 Å². The fourth-order valence-electron chi connectivity index (χ4n) is 2.17. The molecular weight excluding hydrogens is 322 g/mol. The summed E-state index contributed by atoms with van der Waals surface area (Å²) >= 11 is 9.80. The van der Waals surface area contributed by atoms with Gasteiger partial charge in [0.25, 0.3) is 0 Å². The normalized spacial score (nSPS) is 17.6. The summed E-state index contributed by atoms with van der Waals surface area (Å²) in [6.07, 6.45) is 3.87. The van der Waals surface area contributed by atoms with Gasteiger partial charge >= 0.3 is 0 Å². The predicted octanol–water partition coefficient (Wildman–Crippen LogP) is 5.14. The molecule has 1 nitrogen and oxygen atoms in total. The molecule has 3 heteroatoms. The Bertz CT molecular complexity index is 662. The number of benzene rings is 2. The number of fused-ring (bicyclic) bond motifs is 1. The maximum Gasteiger partial charge on any atom is 0.0777 e. The lowest BCUT2D eigenvalue weighted by Gasteiger charge is -2.12. The molecule has 0 saturated heterocycles. The highest BCUT2D eigenvalue weighted by atomic mass is 79.9. The molecule has 0 aliphatic carbocycles. The summed E-state index contributed by atoms with van der Waals surface area (Å²) in [5, 5.41) is 0.726. The number of nitrogens with zero attached hydrogens (tertiary/aromatic N) is 1. The third-order valence-electron chi connectivity index (χ3n) is 3.07. The molecule has 2 aromatic carbocycles. The van der Waals surface area contributed by atoms with Crippen LogP contribution in [-0.2, 0) is 0 Å². The van der Waals surface area contributed by atoms with E-state index in [1.165, 1.54) is 5.56 Å². The van der Waals surface area contributed by atoms with Gasteiger partial charge in [0.15, 0.2) is 0 Å². The van der Waals surface area contributed by atoms with Crippen molar-refractivity contribution in [3.63, 3.8) is 0 Å². The maximum absolute atomic E-state index is 6.14.